The molecule has 9 rings (SSSR count). The summed E-state index contributed by atoms with van der Waals surface area (Å²) >= 11 is 3.21. The van der Waals surface area contributed by atoms with Crippen LogP contribution in [0.2, 0.25) is 0 Å². The Hall–Kier alpha value is -6.75. The Labute approximate surface area is 370 Å². The van der Waals surface area contributed by atoms with Crippen molar-refractivity contribution in [3.05, 3.63) is 142 Å². The van der Waals surface area contributed by atoms with Gasteiger partial charge in [-0.15, -0.1) is 22.7 Å². The van der Waals surface area contributed by atoms with Gasteiger partial charge in [-0.1, -0.05) is 84.9 Å². The molecule has 0 aliphatic carbocycles. The quantitative estimate of drug-likeness (QED) is 0.0882. The van der Waals surface area contributed by atoms with Crippen molar-refractivity contribution >= 4 is 55.7 Å². The number of aliphatic hydroxyl groups is 1. The first-order valence-electron chi connectivity index (χ1n) is 20.8. The first-order valence-corrected chi connectivity index (χ1v) is 22.5. The molecule has 7 aromatic rings. The molecular formula is C47H44N8O6S2. The summed E-state index contributed by atoms with van der Waals surface area (Å²) in [7, 11) is 0. The van der Waals surface area contributed by atoms with Gasteiger partial charge in [0.25, 0.3) is 5.56 Å². The number of nitrogens with one attached hydrogen (secondary N) is 4. The van der Waals surface area contributed by atoms with E-state index in [1.54, 1.807) is 50.8 Å². The van der Waals surface area contributed by atoms with Crippen LogP contribution in [0.1, 0.15) is 79.6 Å². The number of aromatic amines is 2. The number of carbonyl (C=O) groups excluding carboxylic acids is 4. The number of likely N-dealkylation sites (tertiary alicyclic amines) is 2. The molecular weight excluding hydrogens is 837 g/mol. The monoisotopic (exact) mass is 880 g/mol. The van der Waals surface area contributed by atoms with E-state index in [0.717, 1.165) is 55.2 Å². The second-order valence-electron chi connectivity index (χ2n) is 15.7. The zero-order chi connectivity index (χ0) is 43.6. The summed E-state index contributed by atoms with van der Waals surface area (Å²) in [6.45, 7) is 1.68. The second kappa shape index (κ2) is 17.9. The highest BCUT2D eigenvalue weighted by atomic mass is 32.1. The molecule has 2 fully saturated rings. The van der Waals surface area contributed by atoms with Crippen LogP contribution in [0.3, 0.4) is 0 Å². The Bertz CT molecular complexity index is 2820. The number of imidazole rings is 1. The molecule has 0 unspecified atom stereocenters. The van der Waals surface area contributed by atoms with Crippen molar-refractivity contribution < 1.29 is 24.3 Å². The molecule has 0 bridgehead atoms. The van der Waals surface area contributed by atoms with Gasteiger partial charge in [0.1, 0.15) is 30.3 Å². The molecule has 6 heterocycles. The third-order valence-corrected chi connectivity index (χ3v) is 13.9. The van der Waals surface area contributed by atoms with Crippen molar-refractivity contribution in [2.75, 3.05) is 19.7 Å². The average molecular weight is 881 g/mol. The Morgan fingerprint density at radius 1 is 0.730 bits per heavy atom. The van der Waals surface area contributed by atoms with E-state index < -0.39 is 30.6 Å². The summed E-state index contributed by atoms with van der Waals surface area (Å²) in [6, 6.07) is 29.6. The van der Waals surface area contributed by atoms with E-state index in [2.05, 4.69) is 44.9 Å². The first kappa shape index (κ1) is 41.6. The Kier molecular flexibility index (Phi) is 11.8. The number of aliphatic hydroxyl groups excluding tert-OH is 1. The van der Waals surface area contributed by atoms with Crippen LogP contribution in [0, 0.1) is 0 Å². The normalized spacial score (nSPS) is 17.2. The summed E-state index contributed by atoms with van der Waals surface area (Å²) in [5.74, 6) is -0.335. The number of rotatable bonds is 12. The van der Waals surface area contributed by atoms with Gasteiger partial charge in [0.05, 0.1) is 34.5 Å². The summed E-state index contributed by atoms with van der Waals surface area (Å²) in [6.07, 6.45) is 4.66. The maximum absolute atomic E-state index is 14.0. The number of hydrogen-bond donors (Lipinski definition) is 5. The first-order chi connectivity index (χ1) is 30.6. The number of amides is 4. The maximum Gasteiger partial charge on any atom is 0.251 e. The number of thiophene rings is 2. The Morgan fingerprint density at radius 3 is 1.89 bits per heavy atom. The lowest BCUT2D eigenvalue weighted by Gasteiger charge is -2.29. The predicted molar refractivity (Wildman–Crippen MR) is 241 cm³/mol. The molecule has 14 nitrogen and oxygen atoms in total. The van der Waals surface area contributed by atoms with Crippen molar-refractivity contribution in [3.63, 3.8) is 0 Å². The molecule has 5 N–H and O–H groups in total. The van der Waals surface area contributed by atoms with Crippen molar-refractivity contribution in [3.8, 4) is 32.3 Å². The van der Waals surface area contributed by atoms with Gasteiger partial charge in [-0.2, -0.15) is 0 Å². The number of carbonyl (C=O) groups is 4. The van der Waals surface area contributed by atoms with Gasteiger partial charge in [-0.25, -0.2) is 9.97 Å². The number of benzene rings is 3. The average Bonchev–Trinajstić information content (AvgIpc) is 4.16. The van der Waals surface area contributed by atoms with Crippen molar-refractivity contribution in [2.45, 2.75) is 56.8 Å². The lowest BCUT2D eigenvalue weighted by Crippen LogP contribution is -2.43. The van der Waals surface area contributed by atoms with Crippen LogP contribution in [0.5, 0.6) is 0 Å². The van der Waals surface area contributed by atoms with E-state index >= 15 is 0 Å². The van der Waals surface area contributed by atoms with Gasteiger partial charge < -0.3 is 35.5 Å². The molecule has 2 aliphatic rings. The number of H-pyrrole nitrogens is 2. The SMILES string of the molecule is CC(=O)N[C@@H](C(=O)N1CCC[C@H]1c1nc(-c2cc3sc(-c4ccc(-c5cnc([C@@H]6CCCN6C(=O)[C@H](NC(=O)CO)c6ccccc6)[nH]5)cc4)cc3s2)cc(=O)[nH]1)c1ccccc1. The summed E-state index contributed by atoms with van der Waals surface area (Å²) < 4.78 is 2.13. The highest BCUT2D eigenvalue weighted by Gasteiger charge is 2.38. The molecule has 2 aliphatic heterocycles. The number of fused-ring (bicyclic) bond motifs is 1. The predicted octanol–water partition coefficient (Wildman–Crippen LogP) is 6.82. The van der Waals surface area contributed by atoms with Gasteiger partial charge >= 0.3 is 0 Å². The van der Waals surface area contributed by atoms with E-state index in [1.165, 1.54) is 13.0 Å². The molecule has 320 valence electrons. The van der Waals surface area contributed by atoms with Crippen LogP contribution < -0.4 is 16.2 Å². The van der Waals surface area contributed by atoms with Gasteiger partial charge in [-0.3, -0.25) is 24.0 Å². The molecule has 63 heavy (non-hydrogen) atoms. The molecule has 4 atom stereocenters. The molecule has 16 heteroatoms. The van der Waals surface area contributed by atoms with E-state index in [-0.39, 0.29) is 29.3 Å². The van der Waals surface area contributed by atoms with Crippen LogP contribution in [-0.4, -0.2) is 78.2 Å². The number of aromatic nitrogens is 4. The van der Waals surface area contributed by atoms with Crippen LogP contribution in [-0.2, 0) is 19.2 Å². The van der Waals surface area contributed by atoms with Gasteiger partial charge in [-0.05, 0) is 60.1 Å². The fraction of sp³-hybridized carbons (Fsp3) is 0.255. The third kappa shape index (κ3) is 8.69. The maximum atomic E-state index is 14.0. The summed E-state index contributed by atoms with van der Waals surface area (Å²) in [4.78, 5) is 86.6. The molecule has 3 aromatic carbocycles. The van der Waals surface area contributed by atoms with Crippen molar-refractivity contribution in [2.24, 2.45) is 0 Å². The minimum atomic E-state index is -0.927. The lowest BCUT2D eigenvalue weighted by atomic mass is 10.0. The zero-order valence-electron chi connectivity index (χ0n) is 34.2. The zero-order valence-corrected chi connectivity index (χ0v) is 35.9. The smallest absolute Gasteiger partial charge is 0.251 e. The molecule has 2 saturated heterocycles. The van der Waals surface area contributed by atoms with E-state index in [0.29, 0.717) is 48.0 Å². The van der Waals surface area contributed by atoms with Crippen LogP contribution >= 0.6 is 22.7 Å². The fourth-order valence-corrected chi connectivity index (χ4v) is 10.9. The summed E-state index contributed by atoms with van der Waals surface area (Å²) in [5, 5.41) is 14.9. The minimum absolute atomic E-state index is 0.246. The topological polar surface area (TPSA) is 193 Å². The Morgan fingerprint density at radius 2 is 1.29 bits per heavy atom. The van der Waals surface area contributed by atoms with Gasteiger partial charge in [0.15, 0.2) is 0 Å². The summed E-state index contributed by atoms with van der Waals surface area (Å²) in [5.41, 5.74) is 4.38. The molecule has 0 saturated carbocycles. The molecule has 4 aromatic heterocycles. The minimum Gasteiger partial charge on any atom is -0.387 e. The standard InChI is InChI=1S/C47H44N8O6S2/c1-27(57)49-42(30-10-4-2-5-11-30)46(60)55-21-9-15-35(55)45-50-32(22-40(58)53-45)37-24-39-38(63-37)23-36(62-39)29-18-16-28(17-19-29)33-25-48-44(51-33)34-14-8-20-54(34)47(61)43(52-41(59)26-56)31-12-6-3-7-13-31/h2-7,10-13,16-19,22-25,34-35,42-43,56H,8-9,14-15,20-21,26H2,1H3,(H,48,51)(H,49,57)(H,52,59)(H,50,53,58)/t34-,35-,42+,43+/m0/s1. The van der Waals surface area contributed by atoms with E-state index in [9.17, 15) is 29.1 Å². The highest BCUT2D eigenvalue weighted by Crippen LogP contribution is 2.42. The number of hydrogen-bond acceptors (Lipinski definition) is 10. The molecule has 0 spiro atoms. The van der Waals surface area contributed by atoms with Crippen LogP contribution in [0.25, 0.3) is 41.7 Å². The van der Waals surface area contributed by atoms with Gasteiger partial charge in [0.2, 0.25) is 23.6 Å². The van der Waals surface area contributed by atoms with Gasteiger partial charge in [0, 0.05) is 40.4 Å². The number of nitrogens with zero attached hydrogens (tertiary/aromatic N) is 4. The lowest BCUT2D eigenvalue weighted by molar-refractivity contribution is -0.138. The highest BCUT2D eigenvalue weighted by molar-refractivity contribution is 7.31. The third-order valence-electron chi connectivity index (χ3n) is 11.6. The van der Waals surface area contributed by atoms with Crippen molar-refractivity contribution in [1.29, 1.82) is 0 Å². The largest absolute Gasteiger partial charge is 0.387 e. The molecule has 0 radical (unpaired) electrons. The van der Waals surface area contributed by atoms with E-state index in [4.69, 9.17) is 9.97 Å². The van der Waals surface area contributed by atoms with Crippen LogP contribution in [0.4, 0.5) is 0 Å². The second-order valence-corrected chi connectivity index (χ2v) is 17.9. The fourth-order valence-electron chi connectivity index (χ4n) is 8.57. The molecule has 4 amide bonds. The van der Waals surface area contributed by atoms with Crippen molar-refractivity contribution in [1.82, 2.24) is 40.4 Å². The van der Waals surface area contributed by atoms with Crippen LogP contribution in [0.15, 0.2) is 114 Å². The Balaban J connectivity index is 0.896. The van der Waals surface area contributed by atoms with E-state index in [1.807, 2.05) is 60.7 Å².